The van der Waals surface area contributed by atoms with Crippen molar-refractivity contribution >= 4 is 27.9 Å². The fourth-order valence-electron chi connectivity index (χ4n) is 4.50. The topological polar surface area (TPSA) is 112 Å². The number of nitrogens with zero attached hydrogens (tertiary/aromatic N) is 5. The number of benzene rings is 3. The van der Waals surface area contributed by atoms with E-state index in [-0.39, 0.29) is 11.4 Å². The number of morpholine rings is 1. The second-order valence-corrected chi connectivity index (χ2v) is 8.58. The molecule has 10 heteroatoms. The van der Waals surface area contributed by atoms with Crippen LogP contribution in [0, 0.1) is 10.1 Å². The highest BCUT2D eigenvalue weighted by Crippen LogP contribution is 2.31. The number of fused-ring (bicyclic) bond motifs is 1. The van der Waals surface area contributed by atoms with Crippen molar-refractivity contribution in [1.29, 1.82) is 0 Å². The maximum atomic E-state index is 13.6. The summed E-state index contributed by atoms with van der Waals surface area (Å²) >= 11 is 0. The number of nitro benzene ring substituents is 1. The SMILES string of the molecule is CON=C(C)c1cccc(-c2nn(-c3cc(N4CCOCC4)ccc3[N+](=O)[O-])c(=O)c3ccccc23)c1. The Labute approximate surface area is 212 Å². The summed E-state index contributed by atoms with van der Waals surface area (Å²) in [4.78, 5) is 32.1. The van der Waals surface area contributed by atoms with Crippen molar-refractivity contribution in [2.45, 2.75) is 6.92 Å². The lowest BCUT2D eigenvalue weighted by Gasteiger charge is -2.29. The quantitative estimate of drug-likeness (QED) is 0.222. The van der Waals surface area contributed by atoms with E-state index in [9.17, 15) is 14.9 Å². The van der Waals surface area contributed by atoms with Gasteiger partial charge >= 0.3 is 0 Å². The Hall–Kier alpha value is -4.57. The summed E-state index contributed by atoms with van der Waals surface area (Å²) in [6.07, 6.45) is 0. The van der Waals surface area contributed by atoms with Crippen molar-refractivity contribution in [3.63, 3.8) is 0 Å². The summed E-state index contributed by atoms with van der Waals surface area (Å²) in [7, 11) is 1.48. The monoisotopic (exact) mass is 499 g/mol. The molecule has 0 saturated carbocycles. The molecule has 1 aliphatic rings. The number of oxime groups is 1. The molecule has 0 amide bonds. The summed E-state index contributed by atoms with van der Waals surface area (Å²) in [5.41, 5.74) is 2.99. The number of nitro groups is 1. The average Bonchev–Trinajstić information content (AvgIpc) is 2.94. The average molecular weight is 500 g/mol. The molecule has 3 aromatic carbocycles. The van der Waals surface area contributed by atoms with Gasteiger partial charge in [-0.1, -0.05) is 41.6 Å². The van der Waals surface area contributed by atoms with Crippen LogP contribution in [0.25, 0.3) is 27.7 Å². The first-order chi connectivity index (χ1) is 18.0. The van der Waals surface area contributed by atoms with E-state index in [1.807, 2.05) is 43.3 Å². The molecular weight excluding hydrogens is 474 g/mol. The Kier molecular flexibility index (Phi) is 6.65. The van der Waals surface area contributed by atoms with E-state index >= 15 is 0 Å². The minimum absolute atomic E-state index is 0.110. The summed E-state index contributed by atoms with van der Waals surface area (Å²) in [6.45, 7) is 4.25. The highest BCUT2D eigenvalue weighted by Gasteiger charge is 2.23. The van der Waals surface area contributed by atoms with Crippen molar-refractivity contribution in [3.8, 4) is 16.9 Å². The van der Waals surface area contributed by atoms with Crippen LogP contribution in [0.1, 0.15) is 12.5 Å². The van der Waals surface area contributed by atoms with E-state index in [1.165, 1.54) is 13.2 Å². The van der Waals surface area contributed by atoms with Gasteiger partial charge in [-0.2, -0.15) is 9.78 Å². The van der Waals surface area contributed by atoms with Gasteiger partial charge in [0.1, 0.15) is 12.8 Å². The first kappa shape index (κ1) is 24.1. The molecule has 1 aromatic heterocycles. The molecule has 0 radical (unpaired) electrons. The summed E-state index contributed by atoms with van der Waals surface area (Å²) < 4.78 is 6.58. The van der Waals surface area contributed by atoms with Crippen molar-refractivity contribution in [2.24, 2.45) is 5.16 Å². The van der Waals surface area contributed by atoms with Crippen molar-refractivity contribution in [1.82, 2.24) is 9.78 Å². The standard InChI is InChI=1S/C27H25N5O5/c1-18(29-36-2)19-6-5-7-20(16-19)26-22-8-3-4-9-23(22)27(33)31(28-26)25-17-21(10-11-24(25)32(34)35)30-12-14-37-15-13-30/h3-11,16-17H,12-15H2,1-2H3. The lowest BCUT2D eigenvalue weighted by atomic mass is 10.0. The number of hydrogen-bond acceptors (Lipinski definition) is 8. The van der Waals surface area contributed by atoms with Crippen LogP contribution >= 0.6 is 0 Å². The summed E-state index contributed by atoms with van der Waals surface area (Å²) in [6, 6.07) is 19.5. The number of anilines is 1. The van der Waals surface area contributed by atoms with Gasteiger partial charge in [0.05, 0.1) is 34.9 Å². The largest absolute Gasteiger partial charge is 0.399 e. The third-order valence-corrected chi connectivity index (χ3v) is 6.35. The second kappa shape index (κ2) is 10.2. The fourth-order valence-corrected chi connectivity index (χ4v) is 4.50. The molecule has 5 rings (SSSR count). The number of rotatable bonds is 6. The normalized spacial score (nSPS) is 14.1. The highest BCUT2D eigenvalue weighted by atomic mass is 16.6. The van der Waals surface area contributed by atoms with Gasteiger partial charge in [-0.05, 0) is 36.8 Å². The smallest absolute Gasteiger partial charge is 0.295 e. The van der Waals surface area contributed by atoms with Gasteiger partial charge in [-0.25, -0.2) is 0 Å². The van der Waals surface area contributed by atoms with Gasteiger partial charge in [-0.15, -0.1) is 0 Å². The molecular formula is C27H25N5O5. The minimum Gasteiger partial charge on any atom is -0.399 e. The van der Waals surface area contributed by atoms with Crippen LogP contribution in [0.2, 0.25) is 0 Å². The van der Waals surface area contributed by atoms with E-state index in [2.05, 4.69) is 10.1 Å². The Morgan fingerprint density at radius 2 is 1.81 bits per heavy atom. The summed E-state index contributed by atoms with van der Waals surface area (Å²) in [5.74, 6) is 0. The maximum Gasteiger partial charge on any atom is 0.295 e. The van der Waals surface area contributed by atoms with Gasteiger partial charge in [0.2, 0.25) is 0 Å². The molecule has 0 unspecified atom stereocenters. The molecule has 2 heterocycles. The fraction of sp³-hybridized carbons (Fsp3) is 0.222. The third kappa shape index (κ3) is 4.66. The van der Waals surface area contributed by atoms with E-state index in [4.69, 9.17) is 14.7 Å². The van der Waals surface area contributed by atoms with Crippen molar-refractivity contribution < 1.29 is 14.5 Å². The molecule has 10 nitrogen and oxygen atoms in total. The minimum atomic E-state index is -0.493. The summed E-state index contributed by atoms with van der Waals surface area (Å²) in [5, 5.41) is 21.8. The number of hydrogen-bond donors (Lipinski definition) is 0. The van der Waals surface area contributed by atoms with E-state index in [1.54, 1.807) is 24.3 Å². The first-order valence-electron chi connectivity index (χ1n) is 11.8. The Morgan fingerprint density at radius 3 is 2.54 bits per heavy atom. The Morgan fingerprint density at radius 1 is 1.05 bits per heavy atom. The van der Waals surface area contributed by atoms with Crippen LogP contribution in [0.3, 0.4) is 0 Å². The lowest BCUT2D eigenvalue weighted by Crippen LogP contribution is -2.36. The lowest BCUT2D eigenvalue weighted by molar-refractivity contribution is -0.384. The third-order valence-electron chi connectivity index (χ3n) is 6.35. The van der Waals surface area contributed by atoms with E-state index in [0.717, 1.165) is 21.5 Å². The van der Waals surface area contributed by atoms with Crippen LogP contribution < -0.4 is 10.5 Å². The molecule has 1 saturated heterocycles. The van der Waals surface area contributed by atoms with Crippen molar-refractivity contribution in [2.75, 3.05) is 38.3 Å². The molecule has 37 heavy (non-hydrogen) atoms. The molecule has 1 fully saturated rings. The molecule has 1 aliphatic heterocycles. The van der Waals surface area contributed by atoms with Gasteiger partial charge in [0, 0.05) is 35.8 Å². The Balaban J connectivity index is 1.76. The number of aromatic nitrogens is 2. The molecule has 0 N–H and O–H groups in total. The first-order valence-corrected chi connectivity index (χ1v) is 11.8. The zero-order valence-corrected chi connectivity index (χ0v) is 20.5. The zero-order valence-electron chi connectivity index (χ0n) is 20.5. The molecule has 188 valence electrons. The van der Waals surface area contributed by atoms with Gasteiger partial charge in [0.15, 0.2) is 0 Å². The number of ether oxygens (including phenoxy) is 1. The predicted octanol–water partition coefficient (Wildman–Crippen LogP) is 4.17. The molecule has 0 atom stereocenters. The highest BCUT2D eigenvalue weighted by molar-refractivity contribution is 6.00. The second-order valence-electron chi connectivity index (χ2n) is 8.58. The van der Waals surface area contributed by atoms with Crippen LogP contribution in [-0.4, -0.2) is 53.8 Å². The van der Waals surface area contributed by atoms with E-state index < -0.39 is 10.5 Å². The zero-order chi connectivity index (χ0) is 25.9. The molecule has 0 bridgehead atoms. The van der Waals surface area contributed by atoms with E-state index in [0.29, 0.717) is 48.5 Å². The van der Waals surface area contributed by atoms with Crippen LogP contribution in [0.15, 0.2) is 76.7 Å². The van der Waals surface area contributed by atoms with Crippen LogP contribution in [0.4, 0.5) is 11.4 Å². The van der Waals surface area contributed by atoms with Gasteiger partial charge < -0.3 is 14.5 Å². The predicted molar refractivity (Wildman–Crippen MR) is 142 cm³/mol. The van der Waals surface area contributed by atoms with Gasteiger partial charge in [-0.3, -0.25) is 14.9 Å². The Bertz CT molecular complexity index is 1570. The van der Waals surface area contributed by atoms with Crippen molar-refractivity contribution in [3.05, 3.63) is 92.8 Å². The maximum absolute atomic E-state index is 13.6. The van der Waals surface area contributed by atoms with Crippen LogP contribution in [-0.2, 0) is 9.57 Å². The molecule has 0 spiro atoms. The molecule has 0 aliphatic carbocycles. The van der Waals surface area contributed by atoms with Gasteiger partial charge in [0.25, 0.3) is 11.2 Å². The van der Waals surface area contributed by atoms with Crippen LogP contribution in [0.5, 0.6) is 0 Å². The molecule has 4 aromatic rings.